The van der Waals surface area contributed by atoms with Crippen molar-refractivity contribution in [2.75, 3.05) is 7.05 Å². The molecule has 0 aromatic rings. The summed E-state index contributed by atoms with van der Waals surface area (Å²) < 4.78 is -0.983. The van der Waals surface area contributed by atoms with E-state index in [1.165, 1.54) is 28.5 Å². The van der Waals surface area contributed by atoms with E-state index < -0.39 is 27.5 Å². The molecule has 0 saturated heterocycles. The molecular formula is C12H24N2O3S2. The highest BCUT2D eigenvalue weighted by Crippen LogP contribution is 2.46. The van der Waals surface area contributed by atoms with Crippen LogP contribution >= 0.6 is 21.6 Å². The van der Waals surface area contributed by atoms with Gasteiger partial charge in [-0.15, -0.1) is 0 Å². The summed E-state index contributed by atoms with van der Waals surface area (Å²) in [4.78, 5) is 22.5. The number of likely N-dealkylation sites (N-methyl/N-ethyl adjacent to an activating group) is 1. The van der Waals surface area contributed by atoms with Gasteiger partial charge in [-0.05, 0) is 41.7 Å². The lowest BCUT2D eigenvalue weighted by Gasteiger charge is -2.35. The van der Waals surface area contributed by atoms with Gasteiger partial charge in [-0.1, -0.05) is 21.6 Å². The molecule has 0 aliphatic heterocycles. The highest BCUT2D eigenvalue weighted by Gasteiger charge is 2.39. The molecule has 7 heteroatoms. The fourth-order valence-corrected chi connectivity index (χ4v) is 4.48. The number of carboxylic acids is 1. The number of Topliss-reactive ketones (excluding diaryl/α,β-unsaturated/α-hetero) is 1. The fraction of sp³-hybridized carbons (Fsp3) is 0.833. The van der Waals surface area contributed by atoms with Gasteiger partial charge in [0.2, 0.25) is 0 Å². The summed E-state index contributed by atoms with van der Waals surface area (Å²) in [5.74, 6) is -0.964. The van der Waals surface area contributed by atoms with Gasteiger partial charge in [0.25, 0.3) is 0 Å². The molecule has 4 N–H and O–H groups in total. The normalized spacial score (nSPS) is 15.9. The van der Waals surface area contributed by atoms with Gasteiger partial charge < -0.3 is 16.2 Å². The Hall–Kier alpha value is -0.240. The van der Waals surface area contributed by atoms with Gasteiger partial charge in [-0.25, -0.2) is 0 Å². The molecule has 0 aliphatic rings. The summed E-state index contributed by atoms with van der Waals surface area (Å²) in [6, 6.07) is -1.24. The first-order valence-electron chi connectivity index (χ1n) is 5.98. The number of ketones is 1. The van der Waals surface area contributed by atoms with Crippen molar-refractivity contribution < 1.29 is 14.7 Å². The van der Waals surface area contributed by atoms with Gasteiger partial charge in [0.1, 0.15) is 11.8 Å². The predicted molar refractivity (Wildman–Crippen MR) is 82.5 cm³/mol. The van der Waals surface area contributed by atoms with E-state index in [1.54, 1.807) is 7.05 Å². The Morgan fingerprint density at radius 2 is 1.58 bits per heavy atom. The Bertz CT molecular complexity index is 346. The van der Waals surface area contributed by atoms with Crippen molar-refractivity contribution >= 4 is 33.3 Å². The second-order valence-electron chi connectivity index (χ2n) is 5.52. The van der Waals surface area contributed by atoms with Crippen molar-refractivity contribution in [3.8, 4) is 0 Å². The molecule has 0 unspecified atom stereocenters. The Labute approximate surface area is 122 Å². The van der Waals surface area contributed by atoms with Crippen molar-refractivity contribution in [2.45, 2.75) is 56.2 Å². The molecule has 0 radical (unpaired) electrons. The molecule has 0 amide bonds. The minimum absolute atomic E-state index is 0.0701. The van der Waals surface area contributed by atoms with Crippen LogP contribution in [0.15, 0.2) is 0 Å². The number of carbonyl (C=O) groups is 2. The standard InChI is InChI=1S/C12H24N2O3S2/c1-7(15)8(13)11(2,3)18-19-12(4,5)9(14-6)10(16)17/h8-9,14H,13H2,1-6H3,(H,16,17)/t8-,9-/m1/s1. The van der Waals surface area contributed by atoms with E-state index in [0.717, 1.165) is 0 Å². The number of rotatable bonds is 8. The van der Waals surface area contributed by atoms with Gasteiger partial charge in [0.05, 0.1) is 6.04 Å². The number of hydrogen-bond donors (Lipinski definition) is 3. The van der Waals surface area contributed by atoms with Crippen LogP contribution in [0.25, 0.3) is 0 Å². The van der Waals surface area contributed by atoms with Gasteiger partial charge in [0, 0.05) is 9.49 Å². The molecule has 2 atom stereocenters. The molecule has 0 fully saturated rings. The lowest BCUT2D eigenvalue weighted by atomic mass is 10.0. The van der Waals surface area contributed by atoms with Crippen LogP contribution in [0.4, 0.5) is 0 Å². The first-order chi connectivity index (χ1) is 8.45. The molecule has 19 heavy (non-hydrogen) atoms. The molecule has 0 spiro atoms. The maximum absolute atomic E-state index is 11.4. The van der Waals surface area contributed by atoms with Crippen LogP contribution in [0, 0.1) is 0 Å². The molecule has 0 rings (SSSR count). The molecule has 0 saturated carbocycles. The van der Waals surface area contributed by atoms with Crippen LogP contribution in [-0.4, -0.2) is 45.5 Å². The Morgan fingerprint density at radius 3 is 1.89 bits per heavy atom. The van der Waals surface area contributed by atoms with Crippen LogP contribution in [0.2, 0.25) is 0 Å². The Kier molecular flexibility index (Phi) is 6.88. The molecule has 0 heterocycles. The molecule has 5 nitrogen and oxygen atoms in total. The van der Waals surface area contributed by atoms with Gasteiger partial charge in [0.15, 0.2) is 0 Å². The molecule has 112 valence electrons. The average Bonchev–Trinajstić information content (AvgIpc) is 2.25. The number of carbonyl (C=O) groups excluding carboxylic acids is 1. The Balaban J connectivity index is 4.78. The smallest absolute Gasteiger partial charge is 0.322 e. The monoisotopic (exact) mass is 308 g/mol. The van der Waals surface area contributed by atoms with E-state index in [-0.39, 0.29) is 5.78 Å². The van der Waals surface area contributed by atoms with Crippen LogP contribution in [0.5, 0.6) is 0 Å². The largest absolute Gasteiger partial charge is 0.480 e. The first-order valence-corrected chi connectivity index (χ1v) is 8.13. The molecule has 0 bridgehead atoms. The van der Waals surface area contributed by atoms with Gasteiger partial charge in [-0.3, -0.25) is 9.59 Å². The number of hydrogen-bond acceptors (Lipinski definition) is 6. The van der Waals surface area contributed by atoms with Crippen molar-refractivity contribution in [2.24, 2.45) is 5.73 Å². The SMILES string of the molecule is CN[C@H](C(=O)O)C(C)(C)SSC(C)(C)[C@H](N)C(C)=O. The lowest BCUT2D eigenvalue weighted by molar-refractivity contribution is -0.140. The second kappa shape index (κ2) is 6.97. The second-order valence-corrected chi connectivity index (χ2v) is 8.96. The zero-order valence-corrected chi connectivity index (χ0v) is 13.9. The van der Waals surface area contributed by atoms with E-state index in [9.17, 15) is 14.7 Å². The van der Waals surface area contributed by atoms with E-state index in [1.807, 2.05) is 27.7 Å². The van der Waals surface area contributed by atoms with Gasteiger partial charge >= 0.3 is 5.97 Å². The maximum atomic E-state index is 11.4. The van der Waals surface area contributed by atoms with Crippen molar-refractivity contribution in [1.29, 1.82) is 0 Å². The molecule has 0 aliphatic carbocycles. The highest BCUT2D eigenvalue weighted by atomic mass is 33.1. The summed E-state index contributed by atoms with van der Waals surface area (Å²) in [6.07, 6.45) is 0. The quantitative estimate of drug-likeness (QED) is 0.585. The van der Waals surface area contributed by atoms with Crippen molar-refractivity contribution in [1.82, 2.24) is 5.32 Å². The fourth-order valence-electron chi connectivity index (χ4n) is 1.57. The van der Waals surface area contributed by atoms with Crippen LogP contribution in [-0.2, 0) is 9.59 Å². The van der Waals surface area contributed by atoms with Crippen molar-refractivity contribution in [3.63, 3.8) is 0 Å². The molecule has 0 aromatic carbocycles. The van der Waals surface area contributed by atoms with E-state index >= 15 is 0 Å². The topological polar surface area (TPSA) is 92.4 Å². The summed E-state index contributed by atoms with van der Waals surface area (Å²) in [5.41, 5.74) is 5.88. The highest BCUT2D eigenvalue weighted by molar-refractivity contribution is 8.77. The zero-order chi connectivity index (χ0) is 15.4. The molecule has 0 aromatic heterocycles. The summed E-state index contributed by atoms with van der Waals surface area (Å²) >= 11 is 0. The lowest BCUT2D eigenvalue weighted by Crippen LogP contribution is -2.49. The number of carboxylic acid groups (broad SMARTS) is 1. The summed E-state index contributed by atoms with van der Waals surface area (Å²) in [5, 5.41) is 12.0. The minimum Gasteiger partial charge on any atom is -0.480 e. The van der Waals surface area contributed by atoms with Crippen LogP contribution < -0.4 is 11.1 Å². The predicted octanol–water partition coefficient (Wildman–Crippen LogP) is 1.51. The average molecular weight is 308 g/mol. The molecular weight excluding hydrogens is 284 g/mol. The van der Waals surface area contributed by atoms with E-state index in [2.05, 4.69) is 5.32 Å². The van der Waals surface area contributed by atoms with Crippen LogP contribution in [0.3, 0.4) is 0 Å². The maximum Gasteiger partial charge on any atom is 0.322 e. The number of aliphatic carboxylic acids is 1. The van der Waals surface area contributed by atoms with E-state index in [0.29, 0.717) is 0 Å². The minimum atomic E-state index is -0.894. The van der Waals surface area contributed by atoms with Crippen LogP contribution in [0.1, 0.15) is 34.6 Å². The Morgan fingerprint density at radius 1 is 1.16 bits per heavy atom. The third-order valence-corrected chi connectivity index (χ3v) is 7.15. The first kappa shape index (κ1) is 18.8. The summed E-state index contributed by atoms with van der Waals surface area (Å²) in [7, 11) is 4.51. The van der Waals surface area contributed by atoms with Crippen molar-refractivity contribution in [3.05, 3.63) is 0 Å². The zero-order valence-electron chi connectivity index (χ0n) is 12.3. The number of nitrogens with two attached hydrogens (primary N) is 1. The third-order valence-electron chi connectivity index (χ3n) is 2.89. The third kappa shape index (κ3) is 5.33. The van der Waals surface area contributed by atoms with E-state index in [4.69, 9.17) is 5.73 Å². The number of nitrogens with one attached hydrogen (secondary N) is 1. The van der Waals surface area contributed by atoms with Gasteiger partial charge in [-0.2, -0.15) is 0 Å². The summed E-state index contributed by atoms with van der Waals surface area (Å²) in [6.45, 7) is 8.96.